The Morgan fingerprint density at radius 1 is 0.804 bits per heavy atom. The highest BCUT2D eigenvalue weighted by molar-refractivity contribution is 7.81. The van der Waals surface area contributed by atoms with Crippen molar-refractivity contribution in [3.05, 3.63) is 23.8 Å². The average molecular weight is 753 g/mol. The Morgan fingerprint density at radius 3 is 1.94 bits per heavy atom. The van der Waals surface area contributed by atoms with Crippen molar-refractivity contribution in [3.63, 3.8) is 0 Å². The standard InChI is InChI=1S/C30H41FN2O17S/c1-18(34)44-17-25-26(45-19(2)35)27(46-20(3)36)28(47-21(4)37)30(49-25)48-23-7-6-22(16-24(23)50-51(31,39)40)29(38)33-9-11-42-13-15-43-14-12-41-10-8-32-5/h6-7,16,25-28,30H,5,8-15,17H2,1-4H3,(H,33,38)/t25-,26+,27+,28-,30?/m1/s1. The van der Waals surface area contributed by atoms with Gasteiger partial charge in [-0.15, -0.1) is 0 Å². The topological polar surface area (TPSA) is 236 Å². The number of carbonyl (C=O) groups is 5. The molecule has 1 saturated heterocycles. The highest BCUT2D eigenvalue weighted by Gasteiger charge is 2.53. The van der Waals surface area contributed by atoms with Gasteiger partial charge in [0.05, 0.1) is 46.2 Å². The van der Waals surface area contributed by atoms with Crippen LogP contribution in [-0.2, 0) is 67.6 Å². The second kappa shape index (κ2) is 21.7. The summed E-state index contributed by atoms with van der Waals surface area (Å²) in [6.07, 6.45) is -8.07. The van der Waals surface area contributed by atoms with E-state index in [0.717, 1.165) is 45.9 Å². The summed E-state index contributed by atoms with van der Waals surface area (Å²) < 4.78 is 89.7. The fraction of sp³-hybridized carbons (Fsp3) is 0.600. The van der Waals surface area contributed by atoms with Gasteiger partial charge in [-0.2, -0.15) is 8.42 Å². The van der Waals surface area contributed by atoms with Crippen LogP contribution in [0.3, 0.4) is 0 Å². The van der Waals surface area contributed by atoms with Gasteiger partial charge >= 0.3 is 34.4 Å². The Hall–Kier alpha value is -4.44. The first kappa shape index (κ1) is 42.7. The van der Waals surface area contributed by atoms with Gasteiger partial charge in [0, 0.05) is 39.8 Å². The van der Waals surface area contributed by atoms with Gasteiger partial charge in [-0.3, -0.25) is 29.0 Å². The van der Waals surface area contributed by atoms with Crippen LogP contribution in [0.2, 0.25) is 0 Å². The molecule has 286 valence electrons. The summed E-state index contributed by atoms with van der Waals surface area (Å²) >= 11 is 0. The summed E-state index contributed by atoms with van der Waals surface area (Å²) in [6.45, 7) is 9.15. The van der Waals surface area contributed by atoms with Crippen molar-refractivity contribution in [2.45, 2.75) is 58.4 Å². The zero-order valence-electron chi connectivity index (χ0n) is 28.4. The molecule has 1 aliphatic rings. The molecule has 1 N–H and O–H groups in total. The first-order valence-corrected chi connectivity index (χ1v) is 16.6. The maximum absolute atomic E-state index is 13.8. The molecule has 1 fully saturated rings. The number of benzene rings is 1. The van der Waals surface area contributed by atoms with Gasteiger partial charge in [-0.05, 0) is 24.9 Å². The number of rotatable bonds is 22. The average Bonchev–Trinajstić information content (AvgIpc) is 3.02. The van der Waals surface area contributed by atoms with E-state index in [2.05, 4.69) is 21.2 Å². The molecule has 0 spiro atoms. The molecule has 0 radical (unpaired) electrons. The van der Waals surface area contributed by atoms with Crippen LogP contribution in [0.1, 0.15) is 38.1 Å². The maximum Gasteiger partial charge on any atom is 0.488 e. The molecule has 0 aromatic heterocycles. The number of hydrogen-bond acceptors (Lipinski definition) is 18. The highest BCUT2D eigenvalue weighted by Crippen LogP contribution is 2.35. The Morgan fingerprint density at radius 2 is 1.37 bits per heavy atom. The molecule has 1 aromatic carbocycles. The van der Waals surface area contributed by atoms with Crippen LogP contribution in [0, 0.1) is 0 Å². The number of amides is 1. The number of carbonyl (C=O) groups excluding carboxylic acids is 5. The van der Waals surface area contributed by atoms with E-state index in [1.807, 2.05) is 0 Å². The fourth-order valence-electron chi connectivity index (χ4n) is 4.34. The lowest BCUT2D eigenvalue weighted by Gasteiger charge is -2.43. The predicted octanol–water partition coefficient (Wildman–Crippen LogP) is 0.222. The minimum absolute atomic E-state index is 0.0249. The van der Waals surface area contributed by atoms with Crippen molar-refractivity contribution in [2.24, 2.45) is 4.99 Å². The highest BCUT2D eigenvalue weighted by atomic mass is 32.3. The SMILES string of the molecule is C=NCCOCCOCCOCCNC(=O)c1ccc(OC2O[C@H](COC(C)=O)[C@H](OC(C)=O)[C@H](OC(C)=O)[C@H]2OC(C)=O)c(OS(=O)(=O)F)c1. The van der Waals surface area contributed by atoms with E-state index < -0.39 is 89.1 Å². The number of halogens is 1. The third kappa shape index (κ3) is 16.4. The molecule has 1 heterocycles. The maximum atomic E-state index is 13.8. The molecule has 1 unspecified atom stereocenters. The van der Waals surface area contributed by atoms with E-state index in [1.54, 1.807) is 0 Å². The first-order chi connectivity index (χ1) is 24.1. The quantitative estimate of drug-likeness (QED) is 0.0548. The van der Waals surface area contributed by atoms with Gasteiger partial charge in [-0.25, -0.2) is 0 Å². The third-order valence-corrected chi connectivity index (χ3v) is 6.63. The first-order valence-electron chi connectivity index (χ1n) is 15.3. The Labute approximate surface area is 293 Å². The van der Waals surface area contributed by atoms with Gasteiger partial charge in [0.15, 0.2) is 23.7 Å². The van der Waals surface area contributed by atoms with Crippen LogP contribution >= 0.6 is 0 Å². The predicted molar refractivity (Wildman–Crippen MR) is 169 cm³/mol. The number of esters is 4. The summed E-state index contributed by atoms with van der Waals surface area (Å²) in [5, 5.41) is 2.53. The number of hydrogen-bond donors (Lipinski definition) is 1. The van der Waals surface area contributed by atoms with Crippen molar-refractivity contribution in [1.29, 1.82) is 0 Å². The molecular weight excluding hydrogens is 711 g/mol. The summed E-state index contributed by atoms with van der Waals surface area (Å²) in [4.78, 5) is 64.1. The molecule has 21 heteroatoms. The van der Waals surface area contributed by atoms with Crippen LogP contribution in [-0.4, -0.2) is 135 Å². The van der Waals surface area contributed by atoms with Gasteiger partial charge in [0.2, 0.25) is 12.4 Å². The number of nitrogens with one attached hydrogen (secondary N) is 1. The van der Waals surface area contributed by atoms with Crippen LogP contribution in [0.25, 0.3) is 0 Å². The summed E-state index contributed by atoms with van der Waals surface area (Å²) in [5.41, 5.74) is -0.197. The molecular formula is C30H41FN2O17S. The van der Waals surface area contributed by atoms with Crippen molar-refractivity contribution in [3.8, 4) is 11.5 Å². The van der Waals surface area contributed by atoms with Gasteiger partial charge in [0.1, 0.15) is 12.7 Å². The largest absolute Gasteiger partial charge is 0.488 e. The minimum atomic E-state index is -5.70. The van der Waals surface area contributed by atoms with E-state index in [0.29, 0.717) is 26.4 Å². The third-order valence-electron chi connectivity index (χ3n) is 6.26. The van der Waals surface area contributed by atoms with Crippen molar-refractivity contribution in [1.82, 2.24) is 5.32 Å². The van der Waals surface area contributed by atoms with Crippen LogP contribution in [0.5, 0.6) is 11.5 Å². The molecule has 0 saturated carbocycles. The van der Waals surface area contributed by atoms with E-state index in [9.17, 15) is 36.3 Å². The van der Waals surface area contributed by atoms with Crippen molar-refractivity contribution in [2.75, 3.05) is 59.3 Å². The number of ether oxygens (including phenoxy) is 9. The zero-order valence-corrected chi connectivity index (χ0v) is 29.2. The number of nitrogens with zero attached hydrogens (tertiary/aromatic N) is 1. The molecule has 19 nitrogen and oxygen atoms in total. The van der Waals surface area contributed by atoms with Crippen LogP contribution in [0.15, 0.2) is 23.2 Å². The van der Waals surface area contributed by atoms with E-state index in [4.69, 9.17) is 42.6 Å². The van der Waals surface area contributed by atoms with Crippen molar-refractivity contribution < 1.29 is 83.1 Å². The Kier molecular flexibility index (Phi) is 18.2. The molecule has 1 aromatic rings. The van der Waals surface area contributed by atoms with Gasteiger partial charge < -0.3 is 52.1 Å². The second-order valence-electron chi connectivity index (χ2n) is 10.4. The lowest BCUT2D eigenvalue weighted by atomic mass is 9.98. The molecule has 0 aliphatic carbocycles. The smallest absolute Gasteiger partial charge is 0.463 e. The normalized spacial score (nSPS) is 20.0. The molecule has 1 amide bonds. The fourth-order valence-corrected chi connectivity index (χ4v) is 4.68. The number of aliphatic imine (C=N–C) groups is 1. The Balaban J connectivity index is 2.23. The lowest BCUT2D eigenvalue weighted by molar-refractivity contribution is -0.288. The second-order valence-corrected chi connectivity index (χ2v) is 11.3. The van der Waals surface area contributed by atoms with Crippen LogP contribution in [0.4, 0.5) is 3.89 Å². The summed E-state index contributed by atoms with van der Waals surface area (Å²) in [7, 11) is -5.70. The van der Waals surface area contributed by atoms with Gasteiger partial charge in [0.25, 0.3) is 5.91 Å². The molecule has 0 bridgehead atoms. The van der Waals surface area contributed by atoms with E-state index in [1.165, 1.54) is 0 Å². The summed E-state index contributed by atoms with van der Waals surface area (Å²) in [5.74, 6) is -5.62. The van der Waals surface area contributed by atoms with Gasteiger partial charge in [-0.1, -0.05) is 3.89 Å². The monoisotopic (exact) mass is 752 g/mol. The van der Waals surface area contributed by atoms with Crippen molar-refractivity contribution >= 4 is 47.0 Å². The Bertz CT molecular complexity index is 1460. The van der Waals surface area contributed by atoms with E-state index in [-0.39, 0.29) is 31.9 Å². The molecule has 51 heavy (non-hydrogen) atoms. The lowest BCUT2D eigenvalue weighted by Crippen LogP contribution is -2.63. The van der Waals surface area contributed by atoms with Crippen LogP contribution < -0.4 is 14.2 Å². The van der Waals surface area contributed by atoms with E-state index >= 15 is 0 Å². The minimum Gasteiger partial charge on any atom is -0.463 e. The molecule has 1 aliphatic heterocycles. The molecule has 2 rings (SSSR count). The zero-order chi connectivity index (χ0) is 38.0. The summed E-state index contributed by atoms with van der Waals surface area (Å²) in [6, 6.07) is 3.03. The molecule has 5 atom stereocenters.